The summed E-state index contributed by atoms with van der Waals surface area (Å²) in [6.45, 7) is 4.23. The monoisotopic (exact) mass is 331 g/mol. The number of amides is 1. The number of furan rings is 1. The predicted octanol–water partition coefficient (Wildman–Crippen LogP) is 3.31. The molecule has 2 aromatic rings. The summed E-state index contributed by atoms with van der Waals surface area (Å²) in [5, 5.41) is 13.0. The molecule has 1 heterocycles. The van der Waals surface area contributed by atoms with Crippen LogP contribution >= 0.6 is 0 Å². The van der Waals surface area contributed by atoms with E-state index in [0.717, 1.165) is 5.75 Å². The van der Waals surface area contributed by atoms with Gasteiger partial charge in [-0.15, -0.1) is 0 Å². The molecule has 1 aromatic heterocycles. The summed E-state index contributed by atoms with van der Waals surface area (Å²) >= 11 is 0. The zero-order chi connectivity index (χ0) is 17.4. The number of hydrogen-bond donors (Lipinski definition) is 2. The molecule has 0 aliphatic carbocycles. The number of carbonyl (C=O) groups excluding carboxylic acids is 1. The highest BCUT2D eigenvalue weighted by molar-refractivity contribution is 5.78. The Morgan fingerprint density at radius 2 is 1.96 bits per heavy atom. The van der Waals surface area contributed by atoms with E-state index in [1.807, 2.05) is 44.2 Å². The van der Waals surface area contributed by atoms with Gasteiger partial charge in [0.25, 0.3) is 0 Å². The summed E-state index contributed by atoms with van der Waals surface area (Å²) in [7, 11) is 0. The van der Waals surface area contributed by atoms with Crippen LogP contribution in [0.1, 0.15) is 38.6 Å². The van der Waals surface area contributed by atoms with Gasteiger partial charge in [0.15, 0.2) is 0 Å². The lowest BCUT2D eigenvalue weighted by Gasteiger charge is -2.19. The largest absolute Gasteiger partial charge is 0.494 e. The van der Waals surface area contributed by atoms with Crippen molar-refractivity contribution in [2.75, 3.05) is 6.61 Å². The van der Waals surface area contributed by atoms with Crippen LogP contribution < -0.4 is 10.1 Å². The number of carbonyl (C=O) groups is 1. The molecule has 2 rings (SSSR count). The number of para-hydroxylation sites is 1. The topological polar surface area (TPSA) is 71.7 Å². The van der Waals surface area contributed by atoms with Gasteiger partial charge >= 0.3 is 0 Å². The summed E-state index contributed by atoms with van der Waals surface area (Å²) < 4.78 is 10.8. The van der Waals surface area contributed by atoms with E-state index in [-0.39, 0.29) is 17.9 Å². The molecule has 3 atom stereocenters. The van der Waals surface area contributed by atoms with Crippen LogP contribution in [0.3, 0.4) is 0 Å². The number of ether oxygens (including phenoxy) is 1. The van der Waals surface area contributed by atoms with E-state index >= 15 is 0 Å². The van der Waals surface area contributed by atoms with Gasteiger partial charge < -0.3 is 19.6 Å². The summed E-state index contributed by atoms with van der Waals surface area (Å²) in [6.07, 6.45) is 1.85. The molecule has 0 saturated carbocycles. The minimum absolute atomic E-state index is 0.0363. The number of hydrogen-bond acceptors (Lipinski definition) is 4. The maximum absolute atomic E-state index is 12.2. The molecule has 1 aromatic carbocycles. The molecule has 5 heteroatoms. The third kappa shape index (κ3) is 5.74. The average molecular weight is 331 g/mol. The highest BCUT2D eigenvalue weighted by atomic mass is 16.5. The summed E-state index contributed by atoms with van der Waals surface area (Å²) in [5.74, 6) is 1.13. The van der Waals surface area contributed by atoms with Crippen LogP contribution in [0.25, 0.3) is 0 Å². The van der Waals surface area contributed by atoms with Gasteiger partial charge in [-0.25, -0.2) is 0 Å². The van der Waals surface area contributed by atoms with E-state index in [9.17, 15) is 9.90 Å². The Balaban J connectivity index is 1.68. The van der Waals surface area contributed by atoms with Gasteiger partial charge in [-0.3, -0.25) is 4.79 Å². The van der Waals surface area contributed by atoms with E-state index in [1.165, 1.54) is 6.26 Å². The Hall–Kier alpha value is -2.27. The van der Waals surface area contributed by atoms with Crippen molar-refractivity contribution in [3.8, 4) is 5.75 Å². The van der Waals surface area contributed by atoms with Gasteiger partial charge in [-0.2, -0.15) is 0 Å². The first-order valence-electron chi connectivity index (χ1n) is 8.26. The molecule has 0 unspecified atom stereocenters. The number of nitrogens with one attached hydrogen (secondary N) is 1. The summed E-state index contributed by atoms with van der Waals surface area (Å²) in [6, 6.07) is 12.9. The van der Waals surface area contributed by atoms with Gasteiger partial charge in [0, 0.05) is 18.4 Å². The number of rotatable bonds is 9. The minimum Gasteiger partial charge on any atom is -0.494 e. The van der Waals surface area contributed by atoms with Crippen LogP contribution in [0.4, 0.5) is 0 Å². The highest BCUT2D eigenvalue weighted by Crippen LogP contribution is 2.18. The third-order valence-electron chi connectivity index (χ3n) is 3.85. The van der Waals surface area contributed by atoms with Crippen LogP contribution in [0.2, 0.25) is 0 Å². The molecule has 0 spiro atoms. The molecular formula is C19H25NO4. The highest BCUT2D eigenvalue weighted by Gasteiger charge is 2.19. The van der Waals surface area contributed by atoms with Crippen molar-refractivity contribution < 1.29 is 19.1 Å². The van der Waals surface area contributed by atoms with Crippen molar-refractivity contribution in [1.29, 1.82) is 0 Å². The van der Waals surface area contributed by atoms with Crippen LogP contribution in [0, 0.1) is 5.92 Å². The second-order valence-corrected chi connectivity index (χ2v) is 6.03. The van der Waals surface area contributed by atoms with Gasteiger partial charge in [-0.1, -0.05) is 25.1 Å². The van der Waals surface area contributed by atoms with E-state index < -0.39 is 6.10 Å². The number of benzene rings is 1. The Morgan fingerprint density at radius 1 is 1.21 bits per heavy atom. The SMILES string of the molecule is C[C@H](C[C@H](O)c1ccco1)NC(=O)[C@@H](C)CCOc1ccccc1. The predicted molar refractivity (Wildman–Crippen MR) is 91.6 cm³/mol. The first-order chi connectivity index (χ1) is 11.6. The van der Waals surface area contributed by atoms with Gasteiger partial charge in [0.05, 0.1) is 12.9 Å². The maximum Gasteiger partial charge on any atom is 0.223 e. The van der Waals surface area contributed by atoms with Crippen molar-refractivity contribution in [2.45, 2.75) is 38.8 Å². The molecule has 0 radical (unpaired) electrons. The van der Waals surface area contributed by atoms with E-state index in [2.05, 4.69) is 5.32 Å². The van der Waals surface area contributed by atoms with Crippen LogP contribution in [0.15, 0.2) is 53.1 Å². The fourth-order valence-electron chi connectivity index (χ4n) is 2.38. The van der Waals surface area contributed by atoms with Crippen molar-refractivity contribution in [3.05, 3.63) is 54.5 Å². The molecule has 130 valence electrons. The molecule has 5 nitrogen and oxygen atoms in total. The Kier molecular flexibility index (Phi) is 6.88. The molecule has 0 aliphatic heterocycles. The molecule has 0 saturated heterocycles. The van der Waals surface area contributed by atoms with Gasteiger partial charge in [0.1, 0.15) is 17.6 Å². The fourth-order valence-corrected chi connectivity index (χ4v) is 2.38. The number of aliphatic hydroxyl groups is 1. The van der Waals surface area contributed by atoms with Gasteiger partial charge in [0.2, 0.25) is 5.91 Å². The Morgan fingerprint density at radius 3 is 2.62 bits per heavy atom. The number of aliphatic hydroxyl groups excluding tert-OH is 1. The van der Waals surface area contributed by atoms with Crippen molar-refractivity contribution in [1.82, 2.24) is 5.32 Å². The standard InChI is InChI=1S/C19H25NO4/c1-14(10-12-23-16-7-4-3-5-8-16)19(22)20-15(2)13-17(21)18-9-6-11-24-18/h3-9,11,14-15,17,21H,10,12-13H2,1-2H3,(H,20,22)/t14-,15+,17-/m0/s1. The average Bonchev–Trinajstić information content (AvgIpc) is 3.10. The quantitative estimate of drug-likeness (QED) is 0.739. The fraction of sp³-hybridized carbons (Fsp3) is 0.421. The van der Waals surface area contributed by atoms with Crippen molar-refractivity contribution in [2.24, 2.45) is 5.92 Å². The Labute approximate surface area is 142 Å². The molecule has 0 bridgehead atoms. The van der Waals surface area contributed by atoms with E-state index in [1.54, 1.807) is 12.1 Å². The van der Waals surface area contributed by atoms with Gasteiger partial charge in [-0.05, 0) is 37.6 Å². The zero-order valence-electron chi connectivity index (χ0n) is 14.1. The molecular weight excluding hydrogens is 306 g/mol. The lowest BCUT2D eigenvalue weighted by molar-refractivity contribution is -0.125. The first-order valence-corrected chi connectivity index (χ1v) is 8.26. The Bertz CT molecular complexity index is 597. The van der Waals surface area contributed by atoms with E-state index in [0.29, 0.717) is 25.2 Å². The normalized spacial score (nSPS) is 14.6. The lowest BCUT2D eigenvalue weighted by Crippen LogP contribution is -2.37. The third-order valence-corrected chi connectivity index (χ3v) is 3.85. The molecule has 2 N–H and O–H groups in total. The van der Waals surface area contributed by atoms with Crippen molar-refractivity contribution >= 4 is 5.91 Å². The van der Waals surface area contributed by atoms with Crippen LogP contribution in [0.5, 0.6) is 5.75 Å². The molecule has 24 heavy (non-hydrogen) atoms. The minimum atomic E-state index is -0.716. The first kappa shape index (κ1) is 18.1. The molecule has 1 amide bonds. The summed E-state index contributed by atoms with van der Waals surface area (Å²) in [4.78, 5) is 12.2. The zero-order valence-corrected chi connectivity index (χ0v) is 14.1. The second kappa shape index (κ2) is 9.13. The molecule has 0 aliphatic rings. The maximum atomic E-state index is 12.2. The van der Waals surface area contributed by atoms with E-state index in [4.69, 9.17) is 9.15 Å². The van der Waals surface area contributed by atoms with Crippen LogP contribution in [-0.4, -0.2) is 23.7 Å². The lowest BCUT2D eigenvalue weighted by atomic mass is 10.1. The summed E-state index contributed by atoms with van der Waals surface area (Å²) in [5.41, 5.74) is 0. The smallest absolute Gasteiger partial charge is 0.223 e. The van der Waals surface area contributed by atoms with Crippen molar-refractivity contribution in [3.63, 3.8) is 0 Å². The van der Waals surface area contributed by atoms with Crippen LogP contribution in [-0.2, 0) is 4.79 Å². The molecule has 0 fully saturated rings. The second-order valence-electron chi connectivity index (χ2n) is 6.03.